The molecule has 0 radical (unpaired) electrons. The van der Waals surface area contributed by atoms with Gasteiger partial charge in [-0.2, -0.15) is 0 Å². The van der Waals surface area contributed by atoms with Crippen molar-refractivity contribution in [3.8, 4) is 0 Å². The summed E-state index contributed by atoms with van der Waals surface area (Å²) in [7, 11) is 0. The van der Waals surface area contributed by atoms with Gasteiger partial charge in [-0.1, -0.05) is 11.2 Å². The summed E-state index contributed by atoms with van der Waals surface area (Å²) in [6.45, 7) is 0. The van der Waals surface area contributed by atoms with Gasteiger partial charge in [0.05, 0.1) is 5.39 Å². The van der Waals surface area contributed by atoms with Crippen LogP contribution in [0.15, 0.2) is 40.9 Å². The van der Waals surface area contributed by atoms with E-state index in [0.717, 1.165) is 18.2 Å². The number of carbonyl (C=O) groups excluding carboxylic acids is 1. The molecule has 7 heteroatoms. The molecule has 3 aromatic rings. The lowest BCUT2D eigenvalue weighted by Gasteiger charge is -2.02. The zero-order valence-electron chi connectivity index (χ0n) is 10.4. The van der Waals surface area contributed by atoms with Gasteiger partial charge in [0.25, 0.3) is 5.91 Å². The molecule has 0 bridgehead atoms. The molecular formula is C14H7F3N2O2. The molecule has 1 heterocycles. The van der Waals surface area contributed by atoms with Crippen molar-refractivity contribution in [2.75, 3.05) is 5.32 Å². The summed E-state index contributed by atoms with van der Waals surface area (Å²) >= 11 is 0. The van der Waals surface area contributed by atoms with Crippen molar-refractivity contribution in [2.24, 2.45) is 0 Å². The first-order chi connectivity index (χ1) is 10.1. The summed E-state index contributed by atoms with van der Waals surface area (Å²) in [6.07, 6.45) is 0. The number of para-hydroxylation sites is 1. The third-order valence-corrected chi connectivity index (χ3v) is 2.86. The largest absolute Gasteiger partial charge is 0.351 e. The van der Waals surface area contributed by atoms with Gasteiger partial charge in [-0.3, -0.25) is 4.79 Å². The fourth-order valence-corrected chi connectivity index (χ4v) is 1.84. The van der Waals surface area contributed by atoms with Gasteiger partial charge in [0.1, 0.15) is 0 Å². The minimum Gasteiger partial charge on any atom is -0.351 e. The molecule has 0 saturated carbocycles. The minimum absolute atomic E-state index is 0.000710. The number of hydrogen-bond acceptors (Lipinski definition) is 3. The Morgan fingerprint density at radius 1 is 1.05 bits per heavy atom. The Morgan fingerprint density at radius 2 is 1.86 bits per heavy atom. The lowest BCUT2D eigenvalue weighted by Crippen LogP contribution is -2.12. The summed E-state index contributed by atoms with van der Waals surface area (Å²) < 4.78 is 44.1. The van der Waals surface area contributed by atoms with Crippen LogP contribution < -0.4 is 5.32 Å². The van der Waals surface area contributed by atoms with Crippen molar-refractivity contribution in [3.63, 3.8) is 0 Å². The molecule has 0 saturated heterocycles. The fraction of sp³-hybridized carbons (Fsp3) is 0. The van der Waals surface area contributed by atoms with E-state index in [2.05, 4.69) is 10.5 Å². The molecule has 1 aromatic heterocycles. The number of aromatic nitrogens is 1. The highest BCUT2D eigenvalue weighted by Crippen LogP contribution is 2.25. The van der Waals surface area contributed by atoms with Crippen LogP contribution in [-0.4, -0.2) is 11.1 Å². The zero-order chi connectivity index (χ0) is 15.0. The molecule has 3 rings (SSSR count). The second-order valence-corrected chi connectivity index (χ2v) is 4.23. The van der Waals surface area contributed by atoms with Crippen LogP contribution in [0.25, 0.3) is 11.0 Å². The lowest BCUT2D eigenvalue weighted by molar-refractivity contribution is 0.102. The minimum atomic E-state index is -1.14. The second kappa shape index (κ2) is 4.93. The molecule has 21 heavy (non-hydrogen) atoms. The van der Waals surface area contributed by atoms with Crippen LogP contribution in [0.3, 0.4) is 0 Å². The average Bonchev–Trinajstić information content (AvgIpc) is 2.86. The SMILES string of the molecule is O=C(Nc1noc2c(F)cccc12)c1ccc(F)c(F)c1. The average molecular weight is 292 g/mol. The molecule has 2 aromatic carbocycles. The standard InChI is InChI=1S/C14H7F3N2O2/c15-9-5-4-7(6-11(9)17)14(20)18-13-8-2-1-3-10(16)12(8)21-19-13/h1-6H,(H,18,19,20). The van der Waals surface area contributed by atoms with Gasteiger partial charge in [-0.15, -0.1) is 0 Å². The van der Waals surface area contributed by atoms with Crippen LogP contribution in [0.5, 0.6) is 0 Å². The molecule has 0 unspecified atom stereocenters. The molecule has 4 nitrogen and oxygen atoms in total. The number of rotatable bonds is 2. The number of benzene rings is 2. The predicted molar refractivity (Wildman–Crippen MR) is 68.3 cm³/mol. The number of anilines is 1. The summed E-state index contributed by atoms with van der Waals surface area (Å²) in [5.41, 5.74) is -0.195. The Kier molecular flexibility index (Phi) is 3.09. The van der Waals surface area contributed by atoms with E-state index in [-0.39, 0.29) is 22.4 Å². The predicted octanol–water partition coefficient (Wildman–Crippen LogP) is 3.50. The Bertz CT molecular complexity index is 845. The Hall–Kier alpha value is -2.83. The first kappa shape index (κ1) is 13.2. The molecule has 0 atom stereocenters. The third kappa shape index (κ3) is 2.33. The molecule has 0 aliphatic rings. The van der Waals surface area contributed by atoms with Crippen molar-refractivity contribution < 1.29 is 22.5 Å². The summed E-state index contributed by atoms with van der Waals surface area (Å²) in [4.78, 5) is 11.9. The number of nitrogens with one attached hydrogen (secondary N) is 1. The summed E-state index contributed by atoms with van der Waals surface area (Å²) in [6, 6.07) is 6.85. The Morgan fingerprint density at radius 3 is 2.62 bits per heavy atom. The maximum absolute atomic E-state index is 13.4. The first-order valence-corrected chi connectivity index (χ1v) is 5.86. The van der Waals surface area contributed by atoms with Crippen molar-refractivity contribution >= 4 is 22.7 Å². The lowest BCUT2D eigenvalue weighted by atomic mass is 10.2. The third-order valence-electron chi connectivity index (χ3n) is 2.86. The second-order valence-electron chi connectivity index (χ2n) is 4.23. The quantitative estimate of drug-likeness (QED) is 0.786. The molecule has 0 fully saturated rings. The molecule has 1 amide bonds. The van der Waals surface area contributed by atoms with Crippen LogP contribution in [0.4, 0.5) is 19.0 Å². The van der Waals surface area contributed by atoms with Crippen molar-refractivity contribution in [1.82, 2.24) is 5.16 Å². The number of carbonyl (C=O) groups is 1. The highest BCUT2D eigenvalue weighted by Gasteiger charge is 2.16. The topological polar surface area (TPSA) is 55.1 Å². The highest BCUT2D eigenvalue weighted by atomic mass is 19.2. The van der Waals surface area contributed by atoms with Gasteiger partial charge in [-0.25, -0.2) is 13.2 Å². The van der Waals surface area contributed by atoms with Gasteiger partial charge in [0.2, 0.25) is 5.58 Å². The summed E-state index contributed by atoms with van der Waals surface area (Å²) in [5.74, 6) is -3.53. The van der Waals surface area contributed by atoms with Gasteiger partial charge >= 0.3 is 0 Å². The molecule has 106 valence electrons. The number of nitrogens with zero attached hydrogens (tertiary/aromatic N) is 1. The van der Waals surface area contributed by atoms with Crippen LogP contribution in [0.2, 0.25) is 0 Å². The fourth-order valence-electron chi connectivity index (χ4n) is 1.84. The molecular weight excluding hydrogens is 285 g/mol. The maximum Gasteiger partial charge on any atom is 0.257 e. The van der Waals surface area contributed by atoms with Crippen LogP contribution in [0.1, 0.15) is 10.4 Å². The number of amides is 1. The van der Waals surface area contributed by atoms with E-state index < -0.39 is 23.4 Å². The van der Waals surface area contributed by atoms with E-state index in [0.29, 0.717) is 0 Å². The first-order valence-electron chi connectivity index (χ1n) is 5.86. The molecule has 1 N–H and O–H groups in total. The monoisotopic (exact) mass is 292 g/mol. The molecule has 0 spiro atoms. The normalized spacial score (nSPS) is 10.8. The highest BCUT2D eigenvalue weighted by molar-refractivity contribution is 6.07. The van der Waals surface area contributed by atoms with Crippen molar-refractivity contribution in [2.45, 2.75) is 0 Å². The zero-order valence-corrected chi connectivity index (χ0v) is 10.4. The van der Waals surface area contributed by atoms with Crippen molar-refractivity contribution in [1.29, 1.82) is 0 Å². The van der Waals surface area contributed by atoms with Crippen molar-refractivity contribution in [3.05, 3.63) is 59.4 Å². The number of halogens is 3. The molecule has 0 aliphatic carbocycles. The Balaban J connectivity index is 1.93. The van der Waals surface area contributed by atoms with Crippen LogP contribution in [-0.2, 0) is 0 Å². The van der Waals surface area contributed by atoms with E-state index in [1.165, 1.54) is 18.2 Å². The van der Waals surface area contributed by atoms with Gasteiger partial charge < -0.3 is 9.84 Å². The van der Waals surface area contributed by atoms with E-state index in [4.69, 9.17) is 4.52 Å². The van der Waals surface area contributed by atoms with E-state index in [1.807, 2.05) is 0 Å². The van der Waals surface area contributed by atoms with Gasteiger partial charge in [0, 0.05) is 5.56 Å². The van der Waals surface area contributed by atoms with E-state index >= 15 is 0 Å². The van der Waals surface area contributed by atoms with E-state index in [9.17, 15) is 18.0 Å². The van der Waals surface area contributed by atoms with E-state index in [1.54, 1.807) is 0 Å². The number of fused-ring (bicyclic) bond motifs is 1. The smallest absolute Gasteiger partial charge is 0.257 e. The maximum atomic E-state index is 13.4. The van der Waals surface area contributed by atoms with Crippen LogP contribution in [0, 0.1) is 17.5 Å². The Labute approximate surface area is 116 Å². The van der Waals surface area contributed by atoms with Crippen LogP contribution >= 0.6 is 0 Å². The van der Waals surface area contributed by atoms with Gasteiger partial charge in [0.15, 0.2) is 23.3 Å². The van der Waals surface area contributed by atoms with Gasteiger partial charge in [-0.05, 0) is 30.3 Å². The number of hydrogen-bond donors (Lipinski definition) is 1. The molecule has 0 aliphatic heterocycles. The summed E-state index contributed by atoms with van der Waals surface area (Å²) in [5, 5.41) is 6.17.